The molecule has 16 heteroatoms. The second-order valence-electron chi connectivity index (χ2n) is 13.4. The molecule has 1 atom stereocenters. The van der Waals surface area contributed by atoms with Gasteiger partial charge in [0.2, 0.25) is 5.91 Å². The molecule has 0 aromatic heterocycles. The minimum absolute atomic E-state index is 0.0729. The van der Waals surface area contributed by atoms with Crippen LogP contribution in [0.25, 0.3) is 0 Å². The Labute approximate surface area is 332 Å². The van der Waals surface area contributed by atoms with Crippen LogP contribution in [0.3, 0.4) is 0 Å². The summed E-state index contributed by atoms with van der Waals surface area (Å²) < 4.78 is 40.0. The van der Waals surface area contributed by atoms with E-state index >= 15 is 0 Å². The van der Waals surface area contributed by atoms with Gasteiger partial charge in [-0.1, -0.05) is 42.6 Å². The number of unbranched alkanes of at least 4 members (excludes halogenated alkanes) is 2. The number of halogens is 4. The first-order valence-electron chi connectivity index (χ1n) is 18.3. The zero-order valence-electron chi connectivity index (χ0n) is 30.9. The number of Topliss-reactive ketones (excluding diaryl/α,β-unsaturated/α-hetero) is 1. The maximum absolute atomic E-state index is 13.5. The van der Waals surface area contributed by atoms with Gasteiger partial charge in [0.05, 0.1) is 28.1 Å². The van der Waals surface area contributed by atoms with Crippen LogP contribution in [0.2, 0.25) is 5.02 Å². The first kappa shape index (κ1) is 43.8. The van der Waals surface area contributed by atoms with Crippen LogP contribution < -0.4 is 21.0 Å². The molecule has 0 unspecified atom stereocenters. The second-order valence-corrected chi connectivity index (χ2v) is 14.9. The highest BCUT2D eigenvalue weighted by Crippen LogP contribution is 2.35. The molecule has 1 heterocycles. The van der Waals surface area contributed by atoms with Crippen molar-refractivity contribution >= 4 is 70.4 Å². The smallest absolute Gasteiger partial charge is 0.417 e. The van der Waals surface area contributed by atoms with E-state index in [9.17, 15) is 42.3 Å². The number of nitrogens with one attached hydrogen (secondary N) is 3. The highest BCUT2D eigenvalue weighted by Gasteiger charge is 2.33. The van der Waals surface area contributed by atoms with Gasteiger partial charge in [-0.25, -0.2) is 10.2 Å². The van der Waals surface area contributed by atoms with Crippen LogP contribution in [0.4, 0.5) is 24.5 Å². The quantitative estimate of drug-likeness (QED) is 0.0538. The number of hydrazone groups is 1. The largest absolute Gasteiger partial charge is 0.480 e. The highest BCUT2D eigenvalue weighted by molar-refractivity contribution is 7.98. The molecule has 1 aliphatic heterocycles. The number of carbonyl (C=O) groups is 5. The molecule has 3 aromatic rings. The van der Waals surface area contributed by atoms with Crippen molar-refractivity contribution in [2.75, 3.05) is 29.1 Å². The number of aliphatic carboxylic acids is 1. The lowest BCUT2D eigenvalue weighted by atomic mass is 10.1. The maximum Gasteiger partial charge on any atom is 0.417 e. The summed E-state index contributed by atoms with van der Waals surface area (Å²) in [6.45, 7) is 2.88. The van der Waals surface area contributed by atoms with E-state index in [1.807, 2.05) is 12.1 Å². The van der Waals surface area contributed by atoms with Gasteiger partial charge in [0.15, 0.2) is 0 Å². The number of rotatable bonds is 19. The summed E-state index contributed by atoms with van der Waals surface area (Å²) >= 11 is 7.27. The van der Waals surface area contributed by atoms with Crippen LogP contribution in [0.1, 0.15) is 102 Å². The van der Waals surface area contributed by atoms with E-state index in [1.165, 1.54) is 13.0 Å². The molecular formula is C40H45ClF3N5O6S. The summed E-state index contributed by atoms with van der Waals surface area (Å²) in [4.78, 5) is 63.8. The van der Waals surface area contributed by atoms with Gasteiger partial charge in [0.25, 0.3) is 11.8 Å². The van der Waals surface area contributed by atoms with Gasteiger partial charge >= 0.3 is 12.1 Å². The lowest BCUT2D eigenvalue weighted by molar-refractivity contribution is -0.141. The van der Waals surface area contributed by atoms with Gasteiger partial charge in [-0.05, 0) is 85.7 Å². The summed E-state index contributed by atoms with van der Waals surface area (Å²) in [6.07, 6.45) is 2.49. The number of thioether (sulfide) groups is 1. The number of piperidine rings is 1. The molecule has 56 heavy (non-hydrogen) atoms. The number of anilines is 2. The summed E-state index contributed by atoms with van der Waals surface area (Å²) in [7, 11) is 0. The Hall–Kier alpha value is -4.89. The monoisotopic (exact) mass is 815 g/mol. The van der Waals surface area contributed by atoms with E-state index < -0.39 is 46.5 Å². The molecule has 0 radical (unpaired) electrons. The van der Waals surface area contributed by atoms with Gasteiger partial charge in [-0.2, -0.15) is 30.0 Å². The summed E-state index contributed by atoms with van der Waals surface area (Å²) in [5.74, 6) is -1.35. The van der Waals surface area contributed by atoms with E-state index in [0.717, 1.165) is 62.0 Å². The average Bonchev–Trinajstić information content (AvgIpc) is 3.16. The minimum atomic E-state index is -4.66. The number of hydrogen-bond acceptors (Lipinski definition) is 8. The molecule has 0 aliphatic carbocycles. The van der Waals surface area contributed by atoms with Crippen molar-refractivity contribution in [1.82, 2.24) is 10.7 Å². The lowest BCUT2D eigenvalue weighted by Crippen LogP contribution is -2.39. The molecule has 3 amide bonds. The van der Waals surface area contributed by atoms with Crippen molar-refractivity contribution in [3.05, 3.63) is 93.5 Å². The van der Waals surface area contributed by atoms with Crippen LogP contribution in [-0.2, 0) is 26.3 Å². The van der Waals surface area contributed by atoms with E-state index in [-0.39, 0.29) is 22.6 Å². The van der Waals surface area contributed by atoms with Crippen LogP contribution in [0.5, 0.6) is 0 Å². The highest BCUT2D eigenvalue weighted by atomic mass is 35.5. The first-order chi connectivity index (χ1) is 26.7. The molecule has 1 fully saturated rings. The topological polar surface area (TPSA) is 157 Å². The zero-order chi connectivity index (χ0) is 40.7. The van der Waals surface area contributed by atoms with Gasteiger partial charge in [-0.15, -0.1) is 0 Å². The Balaban J connectivity index is 1.33. The summed E-state index contributed by atoms with van der Waals surface area (Å²) in [5.41, 5.74) is 3.77. The number of alkyl halides is 3. The van der Waals surface area contributed by atoms with Gasteiger partial charge in [-0.3, -0.25) is 19.2 Å². The average molecular weight is 816 g/mol. The number of hydrogen-bond donors (Lipinski definition) is 4. The van der Waals surface area contributed by atoms with E-state index in [4.69, 9.17) is 11.6 Å². The fourth-order valence-electron chi connectivity index (χ4n) is 6.09. The molecule has 1 aliphatic rings. The van der Waals surface area contributed by atoms with Crippen molar-refractivity contribution < 1.29 is 42.3 Å². The molecule has 0 spiro atoms. The van der Waals surface area contributed by atoms with Gasteiger partial charge in [0.1, 0.15) is 11.8 Å². The molecule has 11 nitrogen and oxygen atoms in total. The van der Waals surface area contributed by atoms with E-state index in [0.29, 0.717) is 55.6 Å². The van der Waals surface area contributed by atoms with Crippen molar-refractivity contribution in [2.45, 2.75) is 82.7 Å². The Morgan fingerprint density at radius 2 is 1.71 bits per heavy atom. The third kappa shape index (κ3) is 14.0. The number of amides is 3. The summed E-state index contributed by atoms with van der Waals surface area (Å²) in [6, 6.07) is 14.5. The normalized spacial score (nSPS) is 13.6. The second kappa shape index (κ2) is 21.4. The fraction of sp³-hybridized carbons (Fsp3) is 0.400. The summed E-state index contributed by atoms with van der Waals surface area (Å²) in [5, 5.41) is 17.8. The fourth-order valence-corrected chi connectivity index (χ4v) is 7.25. The van der Waals surface area contributed by atoms with Crippen LogP contribution in [0, 0.1) is 0 Å². The van der Waals surface area contributed by atoms with Gasteiger partial charge < -0.3 is 20.6 Å². The number of carboxylic acid groups (broad SMARTS) is 1. The number of carboxylic acids is 1. The number of nitrogens with zero attached hydrogens (tertiary/aromatic N) is 2. The van der Waals surface area contributed by atoms with Gasteiger partial charge in [0, 0.05) is 55.6 Å². The molecule has 4 rings (SSSR count). The Morgan fingerprint density at radius 3 is 2.43 bits per heavy atom. The van der Waals surface area contributed by atoms with Crippen molar-refractivity contribution in [2.24, 2.45) is 5.10 Å². The predicted octanol–water partition coefficient (Wildman–Crippen LogP) is 8.10. The molecule has 300 valence electrons. The van der Waals surface area contributed by atoms with Crippen LogP contribution in [-0.4, -0.2) is 65.7 Å². The maximum atomic E-state index is 13.5. The Bertz CT molecular complexity index is 1900. The lowest BCUT2D eigenvalue weighted by Gasteiger charge is -2.29. The van der Waals surface area contributed by atoms with E-state index in [2.05, 4.69) is 26.1 Å². The van der Waals surface area contributed by atoms with Crippen molar-refractivity contribution in [3.63, 3.8) is 0 Å². The third-order valence-electron chi connectivity index (χ3n) is 9.00. The van der Waals surface area contributed by atoms with Crippen LogP contribution >= 0.6 is 23.4 Å². The predicted molar refractivity (Wildman–Crippen MR) is 213 cm³/mol. The SMILES string of the molecule is CC(=O)N[C@@H](CCCCCC(=O)CCSCc1cccc(C(=O)Nc2ccc(N3CCCCC3)cc2C(=O)N/N=C/c2ccc(Cl)c(C(F)(F)F)c2)c1)C(=O)O. The molecule has 0 bridgehead atoms. The zero-order valence-corrected chi connectivity index (χ0v) is 32.5. The van der Waals surface area contributed by atoms with Crippen molar-refractivity contribution in [3.8, 4) is 0 Å². The third-order valence-corrected chi connectivity index (χ3v) is 10.4. The molecule has 0 saturated carbocycles. The number of carbonyl (C=O) groups excluding carboxylic acids is 4. The molecule has 4 N–H and O–H groups in total. The Kier molecular flexibility index (Phi) is 16.8. The number of benzene rings is 3. The van der Waals surface area contributed by atoms with Crippen LogP contribution in [0.15, 0.2) is 65.8 Å². The first-order valence-corrected chi connectivity index (χ1v) is 19.8. The Morgan fingerprint density at radius 1 is 0.946 bits per heavy atom. The molecule has 3 aromatic carbocycles. The number of ketones is 1. The van der Waals surface area contributed by atoms with Crippen molar-refractivity contribution in [1.29, 1.82) is 0 Å². The van der Waals surface area contributed by atoms with E-state index in [1.54, 1.807) is 42.1 Å². The minimum Gasteiger partial charge on any atom is -0.480 e. The standard InChI is InChI=1S/C40H45ClF3N5O6S/c1-26(50)46-36(39(54)55)12-5-2-4-11-31(51)17-20-56-25-28-9-8-10-29(21-28)37(52)47-35-16-14-30(49-18-6-3-7-19-49)23-32(35)38(53)48-45-24-27-13-15-34(41)33(22-27)40(42,43)44/h8-10,13-16,21-24,36H,2-7,11-12,17-20,25H2,1H3,(H,46,50)(H,47,52)(H,48,53)(H,54,55)/b45-24+/t36-/m0/s1. The molecule has 1 saturated heterocycles. The molecular weight excluding hydrogens is 771 g/mol.